The van der Waals surface area contributed by atoms with Crippen LogP contribution >= 0.6 is 0 Å². The first-order chi connectivity index (χ1) is 8.72. The Morgan fingerprint density at radius 3 is 2.67 bits per heavy atom. The number of nitrogens with one attached hydrogen (secondary N) is 1. The fraction of sp³-hybridized carbons (Fsp3) is 0.600. The zero-order valence-corrected chi connectivity index (χ0v) is 11.5. The quantitative estimate of drug-likeness (QED) is 0.661. The lowest BCUT2D eigenvalue weighted by atomic mass is 9.97. The Balaban J connectivity index is 2.70. The molecule has 0 aliphatic carbocycles. The van der Waals surface area contributed by atoms with Crippen molar-refractivity contribution in [1.82, 2.24) is 5.32 Å². The lowest BCUT2D eigenvalue weighted by Crippen LogP contribution is -2.35. The number of nitrogens with two attached hydrogens (primary N) is 1. The highest BCUT2D eigenvalue weighted by atomic mass is 16.2. The monoisotopic (exact) mass is 250 g/mol. The van der Waals surface area contributed by atoms with Crippen molar-refractivity contribution in [2.75, 3.05) is 13.2 Å². The first-order valence-electron chi connectivity index (χ1n) is 6.87. The van der Waals surface area contributed by atoms with Crippen molar-refractivity contribution in [2.45, 2.75) is 45.2 Å². The van der Waals surface area contributed by atoms with Gasteiger partial charge in [0.25, 0.3) is 0 Å². The van der Waals surface area contributed by atoms with E-state index in [-0.39, 0.29) is 12.6 Å². The van der Waals surface area contributed by atoms with Crippen LogP contribution in [-0.2, 0) is 6.42 Å². The fourth-order valence-corrected chi connectivity index (χ4v) is 2.31. The molecule has 0 aromatic heterocycles. The van der Waals surface area contributed by atoms with E-state index in [0.29, 0.717) is 12.6 Å². The summed E-state index contributed by atoms with van der Waals surface area (Å²) in [5.41, 5.74) is 8.55. The van der Waals surface area contributed by atoms with Crippen molar-refractivity contribution in [1.29, 1.82) is 0 Å². The summed E-state index contributed by atoms with van der Waals surface area (Å²) in [7, 11) is 0. The van der Waals surface area contributed by atoms with Crippen LogP contribution < -0.4 is 11.1 Å². The van der Waals surface area contributed by atoms with Gasteiger partial charge >= 0.3 is 0 Å². The Morgan fingerprint density at radius 1 is 1.33 bits per heavy atom. The average Bonchev–Trinajstić information content (AvgIpc) is 2.42. The number of aliphatic hydroxyl groups is 1. The molecule has 0 bridgehead atoms. The third-order valence-electron chi connectivity index (χ3n) is 3.33. The number of benzene rings is 1. The van der Waals surface area contributed by atoms with Crippen LogP contribution in [0.3, 0.4) is 0 Å². The molecule has 0 fully saturated rings. The molecule has 0 radical (unpaired) electrons. The first-order valence-corrected chi connectivity index (χ1v) is 6.87. The van der Waals surface area contributed by atoms with Crippen LogP contribution in [0.25, 0.3) is 0 Å². The fourth-order valence-electron chi connectivity index (χ4n) is 2.31. The molecule has 1 aromatic carbocycles. The van der Waals surface area contributed by atoms with Crippen molar-refractivity contribution in [3.05, 3.63) is 35.4 Å². The van der Waals surface area contributed by atoms with E-state index in [9.17, 15) is 0 Å². The third kappa shape index (κ3) is 4.41. The van der Waals surface area contributed by atoms with Crippen molar-refractivity contribution < 1.29 is 5.11 Å². The SMILES string of the molecule is CCc1ccccc1C(CN)NC(C)CCCO. The molecule has 3 nitrogen and oxygen atoms in total. The highest BCUT2D eigenvalue weighted by Gasteiger charge is 2.14. The van der Waals surface area contributed by atoms with Crippen molar-refractivity contribution in [3.63, 3.8) is 0 Å². The third-order valence-corrected chi connectivity index (χ3v) is 3.33. The number of hydrogen-bond acceptors (Lipinski definition) is 3. The Bertz CT molecular complexity index is 341. The molecule has 3 heteroatoms. The smallest absolute Gasteiger partial charge is 0.0449 e. The molecule has 0 aliphatic heterocycles. The van der Waals surface area contributed by atoms with Crippen molar-refractivity contribution in [2.24, 2.45) is 5.73 Å². The molecule has 0 heterocycles. The predicted octanol–water partition coefficient (Wildman–Crippen LogP) is 2.00. The lowest BCUT2D eigenvalue weighted by molar-refractivity contribution is 0.274. The molecule has 102 valence electrons. The van der Waals surface area contributed by atoms with Gasteiger partial charge < -0.3 is 16.2 Å². The topological polar surface area (TPSA) is 58.3 Å². The molecule has 0 saturated carbocycles. The van der Waals surface area contributed by atoms with Crippen LogP contribution in [0.15, 0.2) is 24.3 Å². The largest absolute Gasteiger partial charge is 0.396 e. The van der Waals surface area contributed by atoms with E-state index in [1.807, 2.05) is 0 Å². The van der Waals surface area contributed by atoms with Gasteiger partial charge in [0, 0.05) is 25.2 Å². The summed E-state index contributed by atoms with van der Waals surface area (Å²) >= 11 is 0. The second-order valence-corrected chi connectivity index (χ2v) is 4.77. The van der Waals surface area contributed by atoms with Gasteiger partial charge in [-0.1, -0.05) is 31.2 Å². The highest BCUT2D eigenvalue weighted by Crippen LogP contribution is 2.19. The van der Waals surface area contributed by atoms with E-state index < -0.39 is 0 Å². The number of hydrogen-bond donors (Lipinski definition) is 3. The van der Waals surface area contributed by atoms with Crippen LogP contribution in [0.4, 0.5) is 0 Å². The molecule has 0 spiro atoms. The second-order valence-electron chi connectivity index (χ2n) is 4.77. The normalized spacial score (nSPS) is 14.4. The first kappa shape index (κ1) is 15.2. The standard InChI is InChI=1S/C15H26N2O/c1-3-13-8-4-5-9-14(13)15(11-16)17-12(2)7-6-10-18/h4-5,8-9,12,15,17-18H,3,6-7,10-11,16H2,1-2H3. The Hall–Kier alpha value is -0.900. The Morgan fingerprint density at radius 2 is 2.06 bits per heavy atom. The van der Waals surface area contributed by atoms with Gasteiger partial charge in [-0.3, -0.25) is 0 Å². The van der Waals surface area contributed by atoms with Crippen molar-refractivity contribution in [3.8, 4) is 0 Å². The van der Waals surface area contributed by atoms with Crippen LogP contribution in [-0.4, -0.2) is 24.3 Å². The maximum atomic E-state index is 8.85. The molecule has 18 heavy (non-hydrogen) atoms. The molecule has 1 aromatic rings. The zero-order valence-electron chi connectivity index (χ0n) is 11.5. The van der Waals surface area contributed by atoms with E-state index in [0.717, 1.165) is 19.3 Å². The van der Waals surface area contributed by atoms with Crippen LogP contribution in [0.1, 0.15) is 43.9 Å². The number of aryl methyl sites for hydroxylation is 1. The molecule has 2 unspecified atom stereocenters. The lowest BCUT2D eigenvalue weighted by Gasteiger charge is -2.24. The molecule has 2 atom stereocenters. The van der Waals surface area contributed by atoms with E-state index >= 15 is 0 Å². The maximum Gasteiger partial charge on any atom is 0.0449 e. The molecular weight excluding hydrogens is 224 g/mol. The van der Waals surface area contributed by atoms with Gasteiger partial charge in [0.2, 0.25) is 0 Å². The van der Waals surface area contributed by atoms with E-state index in [2.05, 4.69) is 43.4 Å². The molecule has 4 N–H and O–H groups in total. The van der Waals surface area contributed by atoms with Crippen LogP contribution in [0.5, 0.6) is 0 Å². The van der Waals surface area contributed by atoms with Gasteiger partial charge in [-0.05, 0) is 37.3 Å². The van der Waals surface area contributed by atoms with Gasteiger partial charge in [-0.15, -0.1) is 0 Å². The van der Waals surface area contributed by atoms with Crippen molar-refractivity contribution >= 4 is 0 Å². The Labute approximate surface area is 110 Å². The summed E-state index contributed by atoms with van der Waals surface area (Å²) in [6, 6.07) is 9.04. The van der Waals surface area contributed by atoms with E-state index in [1.165, 1.54) is 11.1 Å². The molecule has 0 amide bonds. The zero-order chi connectivity index (χ0) is 13.4. The van der Waals surface area contributed by atoms with Crippen LogP contribution in [0.2, 0.25) is 0 Å². The van der Waals surface area contributed by atoms with Gasteiger partial charge in [0.1, 0.15) is 0 Å². The number of rotatable bonds is 8. The maximum absolute atomic E-state index is 8.85. The second kappa shape index (κ2) is 8.25. The molecule has 1 rings (SSSR count). The van der Waals surface area contributed by atoms with Gasteiger partial charge in [0.15, 0.2) is 0 Å². The summed E-state index contributed by atoms with van der Waals surface area (Å²) in [5, 5.41) is 12.4. The summed E-state index contributed by atoms with van der Waals surface area (Å²) in [4.78, 5) is 0. The minimum atomic E-state index is 0.204. The van der Waals surface area contributed by atoms with Gasteiger partial charge in [-0.2, -0.15) is 0 Å². The Kier molecular flexibility index (Phi) is 6.94. The van der Waals surface area contributed by atoms with Crippen LogP contribution in [0, 0.1) is 0 Å². The summed E-state index contributed by atoms with van der Waals surface area (Å²) in [6.07, 6.45) is 2.83. The number of aliphatic hydroxyl groups excluding tert-OH is 1. The van der Waals surface area contributed by atoms with E-state index in [1.54, 1.807) is 0 Å². The summed E-state index contributed by atoms with van der Waals surface area (Å²) in [5.74, 6) is 0. The highest BCUT2D eigenvalue weighted by molar-refractivity contribution is 5.30. The minimum absolute atomic E-state index is 0.204. The summed E-state index contributed by atoms with van der Waals surface area (Å²) in [6.45, 7) is 5.17. The summed E-state index contributed by atoms with van der Waals surface area (Å²) < 4.78 is 0. The average molecular weight is 250 g/mol. The minimum Gasteiger partial charge on any atom is -0.396 e. The predicted molar refractivity (Wildman–Crippen MR) is 76.5 cm³/mol. The molecule has 0 aliphatic rings. The van der Waals surface area contributed by atoms with E-state index in [4.69, 9.17) is 10.8 Å². The molecule has 0 saturated heterocycles. The molecular formula is C15H26N2O. The van der Waals surface area contributed by atoms with Gasteiger partial charge in [0.05, 0.1) is 0 Å². The van der Waals surface area contributed by atoms with Gasteiger partial charge in [-0.25, -0.2) is 0 Å².